The Morgan fingerprint density at radius 3 is 2.11 bits per heavy atom. The molecule has 0 aliphatic rings. The number of rotatable bonds is 4. The predicted molar refractivity (Wildman–Crippen MR) is 120 cm³/mol. The van der Waals surface area contributed by atoms with Gasteiger partial charge >= 0.3 is 0 Å². The van der Waals surface area contributed by atoms with Crippen molar-refractivity contribution in [2.75, 3.05) is 0 Å². The summed E-state index contributed by atoms with van der Waals surface area (Å²) in [6.45, 7) is 0. The lowest BCUT2D eigenvalue weighted by atomic mass is 10.1. The van der Waals surface area contributed by atoms with Crippen LogP contribution in [0.4, 0.5) is 0 Å². The number of aromatic nitrogens is 1. The minimum Gasteiger partial charge on any atom is -0.354 e. The average molecular weight is 384 g/mol. The molecule has 1 aromatic heterocycles. The molecule has 1 heterocycles. The molecule has 0 fully saturated rings. The first-order chi connectivity index (χ1) is 13.7. The molecule has 3 heteroatoms. The van der Waals surface area contributed by atoms with Crippen LogP contribution in [0.2, 0.25) is 5.02 Å². The molecular weight excluding hydrogens is 366 g/mol. The van der Waals surface area contributed by atoms with Crippen LogP contribution in [0.3, 0.4) is 0 Å². The number of hydrogen-bond donors (Lipinski definition) is 1. The standard InChI is InChI=1S/C25H18ClNO/c26-20-14-10-19(11-15-20)13-17-24-22(16-12-18-6-2-1-3-7-18)25(28)21-8-4-5-9-23(21)27-24/h1-17H,(H,27,28)/b16-12+,17-13+. The second kappa shape index (κ2) is 8.12. The maximum Gasteiger partial charge on any atom is 0.197 e. The van der Waals surface area contributed by atoms with Crippen LogP contribution < -0.4 is 5.43 Å². The number of pyridine rings is 1. The molecule has 0 amide bonds. The van der Waals surface area contributed by atoms with Gasteiger partial charge in [-0.25, -0.2) is 0 Å². The molecule has 4 rings (SSSR count). The van der Waals surface area contributed by atoms with Gasteiger partial charge in [0.15, 0.2) is 5.43 Å². The van der Waals surface area contributed by atoms with Crippen molar-refractivity contribution in [1.29, 1.82) is 0 Å². The molecule has 1 N–H and O–H groups in total. The fraction of sp³-hybridized carbons (Fsp3) is 0. The van der Waals surface area contributed by atoms with Crippen molar-refractivity contribution >= 4 is 46.8 Å². The maximum atomic E-state index is 13.1. The summed E-state index contributed by atoms with van der Waals surface area (Å²) in [5, 5.41) is 1.38. The van der Waals surface area contributed by atoms with Gasteiger partial charge < -0.3 is 4.98 Å². The molecule has 0 aliphatic heterocycles. The van der Waals surface area contributed by atoms with E-state index in [0.29, 0.717) is 16.0 Å². The molecule has 0 atom stereocenters. The Morgan fingerprint density at radius 2 is 1.32 bits per heavy atom. The largest absolute Gasteiger partial charge is 0.354 e. The lowest BCUT2D eigenvalue weighted by Gasteiger charge is -2.06. The number of aromatic amines is 1. The average Bonchev–Trinajstić information content (AvgIpc) is 2.74. The van der Waals surface area contributed by atoms with Crippen LogP contribution in [0.15, 0.2) is 83.7 Å². The van der Waals surface area contributed by atoms with Crippen LogP contribution in [0.25, 0.3) is 35.2 Å². The van der Waals surface area contributed by atoms with Gasteiger partial charge in [-0.05, 0) is 47.5 Å². The molecule has 0 aliphatic carbocycles. The van der Waals surface area contributed by atoms with Gasteiger partial charge in [-0.2, -0.15) is 0 Å². The molecule has 28 heavy (non-hydrogen) atoms. The molecule has 0 unspecified atom stereocenters. The zero-order valence-electron chi connectivity index (χ0n) is 15.1. The van der Waals surface area contributed by atoms with Gasteiger partial charge in [0.05, 0.1) is 0 Å². The predicted octanol–water partition coefficient (Wildman–Crippen LogP) is 6.52. The first-order valence-corrected chi connectivity index (χ1v) is 9.40. The fourth-order valence-electron chi connectivity index (χ4n) is 3.06. The number of nitrogens with one attached hydrogen (secondary N) is 1. The van der Waals surface area contributed by atoms with E-state index >= 15 is 0 Å². The summed E-state index contributed by atoms with van der Waals surface area (Å²) in [6, 6.07) is 25.1. The Kier molecular flexibility index (Phi) is 5.22. The molecule has 4 aromatic rings. The normalized spacial score (nSPS) is 11.6. The first kappa shape index (κ1) is 18.0. The number of hydrogen-bond acceptors (Lipinski definition) is 1. The Bertz CT molecular complexity index is 1220. The molecular formula is C25H18ClNO. The summed E-state index contributed by atoms with van der Waals surface area (Å²) in [5.74, 6) is 0. The van der Waals surface area contributed by atoms with Gasteiger partial charge in [-0.15, -0.1) is 0 Å². The van der Waals surface area contributed by atoms with Crippen LogP contribution in [0.1, 0.15) is 22.4 Å². The van der Waals surface area contributed by atoms with Crippen molar-refractivity contribution in [3.8, 4) is 0 Å². The van der Waals surface area contributed by atoms with Gasteiger partial charge in [-0.3, -0.25) is 4.79 Å². The number of H-pyrrole nitrogens is 1. The second-order valence-corrected chi connectivity index (χ2v) is 6.89. The fourth-order valence-corrected chi connectivity index (χ4v) is 3.19. The summed E-state index contributed by atoms with van der Waals surface area (Å²) >= 11 is 5.96. The zero-order chi connectivity index (χ0) is 19.3. The lowest BCUT2D eigenvalue weighted by molar-refractivity contribution is 1.33. The minimum absolute atomic E-state index is 0.0114. The van der Waals surface area contributed by atoms with Crippen LogP contribution in [0, 0.1) is 0 Å². The van der Waals surface area contributed by atoms with Crippen LogP contribution in [-0.4, -0.2) is 4.98 Å². The Morgan fingerprint density at radius 1 is 0.679 bits per heavy atom. The van der Waals surface area contributed by atoms with Crippen LogP contribution in [0.5, 0.6) is 0 Å². The topological polar surface area (TPSA) is 32.9 Å². The Hall–Kier alpha value is -3.36. The van der Waals surface area contributed by atoms with Crippen molar-refractivity contribution < 1.29 is 0 Å². The van der Waals surface area contributed by atoms with E-state index in [9.17, 15) is 4.79 Å². The van der Waals surface area contributed by atoms with Gasteiger partial charge in [-0.1, -0.05) is 78.4 Å². The Labute approximate surface area is 168 Å². The van der Waals surface area contributed by atoms with Crippen molar-refractivity contribution in [2.45, 2.75) is 0 Å². The van der Waals surface area contributed by atoms with Gasteiger partial charge in [0.25, 0.3) is 0 Å². The highest BCUT2D eigenvalue weighted by molar-refractivity contribution is 6.30. The van der Waals surface area contributed by atoms with Crippen LogP contribution >= 0.6 is 11.6 Å². The van der Waals surface area contributed by atoms with E-state index in [4.69, 9.17) is 11.6 Å². The lowest BCUT2D eigenvalue weighted by Crippen LogP contribution is -2.09. The van der Waals surface area contributed by atoms with Crippen molar-refractivity contribution in [3.63, 3.8) is 0 Å². The zero-order valence-corrected chi connectivity index (χ0v) is 15.9. The highest BCUT2D eigenvalue weighted by atomic mass is 35.5. The van der Waals surface area contributed by atoms with Crippen molar-refractivity contribution in [2.24, 2.45) is 0 Å². The van der Waals surface area contributed by atoms with Gasteiger partial charge in [0.2, 0.25) is 0 Å². The SMILES string of the molecule is O=c1c(/C=C/c2ccccc2)c(/C=C/c2ccc(Cl)cc2)[nH]c2ccccc12. The monoisotopic (exact) mass is 383 g/mol. The maximum absolute atomic E-state index is 13.1. The molecule has 0 spiro atoms. The highest BCUT2D eigenvalue weighted by Crippen LogP contribution is 2.18. The molecule has 0 saturated carbocycles. The molecule has 3 aromatic carbocycles. The van der Waals surface area contributed by atoms with Gasteiger partial charge in [0.1, 0.15) is 0 Å². The summed E-state index contributed by atoms with van der Waals surface area (Å²) in [4.78, 5) is 16.5. The van der Waals surface area contributed by atoms with E-state index in [0.717, 1.165) is 22.3 Å². The third-order valence-electron chi connectivity index (χ3n) is 4.53. The quantitative estimate of drug-likeness (QED) is 0.427. The number of para-hydroxylation sites is 1. The number of fused-ring (bicyclic) bond motifs is 1. The molecule has 136 valence electrons. The molecule has 0 radical (unpaired) electrons. The summed E-state index contributed by atoms with van der Waals surface area (Å²) in [6.07, 6.45) is 7.74. The highest BCUT2D eigenvalue weighted by Gasteiger charge is 2.07. The van der Waals surface area contributed by atoms with E-state index in [1.807, 2.05) is 103 Å². The Balaban J connectivity index is 1.82. The third-order valence-corrected chi connectivity index (χ3v) is 4.78. The van der Waals surface area contributed by atoms with E-state index < -0.39 is 0 Å². The number of benzene rings is 3. The molecule has 0 bridgehead atoms. The smallest absolute Gasteiger partial charge is 0.197 e. The van der Waals surface area contributed by atoms with Gasteiger partial charge in [0, 0.05) is 27.2 Å². The molecule has 2 nitrogen and oxygen atoms in total. The van der Waals surface area contributed by atoms with Crippen molar-refractivity contribution in [3.05, 3.63) is 116 Å². The van der Waals surface area contributed by atoms with E-state index in [2.05, 4.69) is 4.98 Å². The number of halogens is 1. The first-order valence-electron chi connectivity index (χ1n) is 9.02. The third kappa shape index (κ3) is 3.98. The summed E-state index contributed by atoms with van der Waals surface area (Å²) in [7, 11) is 0. The summed E-state index contributed by atoms with van der Waals surface area (Å²) in [5.41, 5.74) is 4.29. The second-order valence-electron chi connectivity index (χ2n) is 6.46. The van der Waals surface area contributed by atoms with E-state index in [1.54, 1.807) is 0 Å². The van der Waals surface area contributed by atoms with Crippen LogP contribution in [-0.2, 0) is 0 Å². The minimum atomic E-state index is 0.0114. The molecule has 0 saturated heterocycles. The van der Waals surface area contributed by atoms with Crippen molar-refractivity contribution in [1.82, 2.24) is 4.98 Å². The summed E-state index contributed by atoms with van der Waals surface area (Å²) < 4.78 is 0. The van der Waals surface area contributed by atoms with E-state index in [1.165, 1.54) is 0 Å². The van der Waals surface area contributed by atoms with E-state index in [-0.39, 0.29) is 5.43 Å².